The van der Waals surface area contributed by atoms with Crippen molar-refractivity contribution in [3.05, 3.63) is 22.9 Å². The number of carbonyl (C=O) groups is 1. The molecule has 1 aromatic heterocycles. The average Bonchev–Trinajstić information content (AvgIpc) is 3.02. The van der Waals surface area contributed by atoms with E-state index in [-0.39, 0.29) is 12.1 Å². The van der Waals surface area contributed by atoms with Crippen molar-refractivity contribution >= 4 is 12.2 Å². The largest absolute Gasteiger partial charge is 0.474 e. The molecular weight excluding hydrogens is 220 g/mol. The van der Waals surface area contributed by atoms with E-state index < -0.39 is 0 Å². The van der Waals surface area contributed by atoms with Gasteiger partial charge in [-0.25, -0.2) is 9.78 Å². The van der Waals surface area contributed by atoms with Gasteiger partial charge in [-0.3, -0.25) is 4.99 Å². The van der Waals surface area contributed by atoms with Crippen LogP contribution in [-0.2, 0) is 11.3 Å². The first-order valence-corrected chi connectivity index (χ1v) is 5.56. The lowest BCUT2D eigenvalue weighted by Gasteiger charge is -2.10. The molecule has 1 aliphatic carbocycles. The number of ether oxygens (including phenoxy) is 2. The summed E-state index contributed by atoms with van der Waals surface area (Å²) < 4.78 is 10.4. The van der Waals surface area contributed by atoms with Gasteiger partial charge in [-0.2, -0.15) is 0 Å². The number of esters is 1. The van der Waals surface area contributed by atoms with Crippen LogP contribution in [0.25, 0.3) is 0 Å². The molecule has 0 spiro atoms. The van der Waals surface area contributed by atoms with Gasteiger partial charge in [-0.1, -0.05) is 0 Å². The summed E-state index contributed by atoms with van der Waals surface area (Å²) in [5, 5.41) is 0. The molecule has 88 valence electrons. The van der Waals surface area contributed by atoms with Crippen LogP contribution in [0, 0.1) is 0 Å². The number of aliphatic imine (C=N–C) groups is 1. The molecule has 3 rings (SSSR count). The molecule has 5 nitrogen and oxygen atoms in total. The number of rotatable bonds is 3. The molecule has 0 radical (unpaired) electrons. The number of methoxy groups -OCH3 is 1. The van der Waals surface area contributed by atoms with Gasteiger partial charge in [0.25, 0.3) is 0 Å². The number of nitrogens with zero attached hydrogens (tertiary/aromatic N) is 2. The maximum absolute atomic E-state index is 11.6. The molecule has 0 bridgehead atoms. The zero-order valence-corrected chi connectivity index (χ0v) is 9.47. The van der Waals surface area contributed by atoms with Crippen LogP contribution in [0.1, 0.15) is 34.3 Å². The first kappa shape index (κ1) is 10.3. The second-order valence-electron chi connectivity index (χ2n) is 4.15. The Balaban J connectivity index is 2.00. The van der Waals surface area contributed by atoms with E-state index >= 15 is 0 Å². The fraction of sp³-hybridized carbons (Fsp3) is 0.417. The molecule has 17 heavy (non-hydrogen) atoms. The van der Waals surface area contributed by atoms with Crippen LogP contribution in [0.5, 0.6) is 5.88 Å². The SMILES string of the molecule is COC(=O)c1cnc(OC2CC2)c2c1CN=C2. The topological polar surface area (TPSA) is 60.8 Å². The Morgan fingerprint density at radius 1 is 1.47 bits per heavy atom. The molecule has 2 heterocycles. The molecule has 0 amide bonds. The lowest BCUT2D eigenvalue weighted by Crippen LogP contribution is -2.10. The number of hydrogen-bond acceptors (Lipinski definition) is 5. The maximum Gasteiger partial charge on any atom is 0.339 e. The molecule has 0 N–H and O–H groups in total. The third-order valence-electron chi connectivity index (χ3n) is 2.87. The van der Waals surface area contributed by atoms with E-state index in [1.54, 1.807) is 6.21 Å². The van der Waals surface area contributed by atoms with Crippen LogP contribution in [-0.4, -0.2) is 30.4 Å². The Labute approximate surface area is 98.5 Å². The zero-order valence-electron chi connectivity index (χ0n) is 9.47. The monoisotopic (exact) mass is 232 g/mol. The summed E-state index contributed by atoms with van der Waals surface area (Å²) in [6.45, 7) is 0.489. The van der Waals surface area contributed by atoms with Crippen molar-refractivity contribution in [3.63, 3.8) is 0 Å². The average molecular weight is 232 g/mol. The Hall–Kier alpha value is -1.91. The Morgan fingerprint density at radius 3 is 3.00 bits per heavy atom. The first-order valence-electron chi connectivity index (χ1n) is 5.56. The van der Waals surface area contributed by atoms with E-state index in [1.807, 2.05) is 0 Å². The van der Waals surface area contributed by atoms with E-state index in [1.165, 1.54) is 13.3 Å². The van der Waals surface area contributed by atoms with Gasteiger partial charge in [0.2, 0.25) is 5.88 Å². The highest BCUT2D eigenvalue weighted by Gasteiger charge is 2.28. The van der Waals surface area contributed by atoms with E-state index in [9.17, 15) is 4.79 Å². The van der Waals surface area contributed by atoms with Gasteiger partial charge in [0.1, 0.15) is 6.10 Å². The van der Waals surface area contributed by atoms with Gasteiger partial charge in [0.15, 0.2) is 0 Å². The van der Waals surface area contributed by atoms with Crippen LogP contribution in [0.2, 0.25) is 0 Å². The Kier molecular flexibility index (Phi) is 2.31. The van der Waals surface area contributed by atoms with Crippen LogP contribution in [0.15, 0.2) is 11.2 Å². The molecule has 1 saturated carbocycles. The fourth-order valence-electron chi connectivity index (χ4n) is 1.80. The molecule has 1 aliphatic heterocycles. The van der Waals surface area contributed by atoms with Crippen molar-refractivity contribution in [1.82, 2.24) is 4.98 Å². The van der Waals surface area contributed by atoms with Crippen molar-refractivity contribution in [2.24, 2.45) is 4.99 Å². The summed E-state index contributed by atoms with van der Waals surface area (Å²) in [6, 6.07) is 0. The molecule has 1 aromatic rings. The predicted octanol–water partition coefficient (Wildman–Crippen LogP) is 1.34. The molecule has 0 aromatic carbocycles. The number of aromatic nitrogens is 1. The summed E-state index contributed by atoms with van der Waals surface area (Å²) in [4.78, 5) is 19.9. The number of hydrogen-bond donors (Lipinski definition) is 0. The number of fused-ring (bicyclic) bond motifs is 1. The van der Waals surface area contributed by atoms with Crippen LogP contribution >= 0.6 is 0 Å². The first-order chi connectivity index (χ1) is 8.29. The number of pyridine rings is 1. The lowest BCUT2D eigenvalue weighted by molar-refractivity contribution is 0.0599. The summed E-state index contributed by atoms with van der Waals surface area (Å²) in [6.07, 6.45) is 5.66. The minimum absolute atomic E-state index is 0.282. The minimum atomic E-state index is -0.378. The zero-order chi connectivity index (χ0) is 11.8. The molecule has 0 saturated heterocycles. The van der Waals surface area contributed by atoms with Gasteiger partial charge in [-0.05, 0) is 12.8 Å². The highest BCUT2D eigenvalue weighted by molar-refractivity contribution is 5.97. The second-order valence-corrected chi connectivity index (χ2v) is 4.15. The van der Waals surface area contributed by atoms with Gasteiger partial charge in [0.05, 0.1) is 24.8 Å². The summed E-state index contributed by atoms with van der Waals surface area (Å²) in [5.74, 6) is 0.202. The van der Waals surface area contributed by atoms with Crippen LogP contribution in [0.3, 0.4) is 0 Å². The van der Waals surface area contributed by atoms with Gasteiger partial charge in [0, 0.05) is 18.0 Å². The van der Waals surface area contributed by atoms with E-state index in [0.717, 1.165) is 24.0 Å². The highest BCUT2D eigenvalue weighted by atomic mass is 16.5. The number of carbonyl (C=O) groups excluding carboxylic acids is 1. The fourth-order valence-corrected chi connectivity index (χ4v) is 1.80. The molecule has 1 fully saturated rings. The molecule has 5 heteroatoms. The van der Waals surface area contributed by atoms with E-state index in [4.69, 9.17) is 9.47 Å². The van der Waals surface area contributed by atoms with Crippen LogP contribution in [0.4, 0.5) is 0 Å². The molecule has 0 unspecified atom stereocenters. The van der Waals surface area contributed by atoms with E-state index in [2.05, 4.69) is 9.98 Å². The lowest BCUT2D eigenvalue weighted by atomic mass is 10.1. The summed E-state index contributed by atoms with van der Waals surface area (Å²) in [5.41, 5.74) is 2.14. The molecule has 2 aliphatic rings. The molecular formula is C12H12N2O3. The van der Waals surface area contributed by atoms with Crippen molar-refractivity contribution in [2.45, 2.75) is 25.5 Å². The van der Waals surface area contributed by atoms with E-state index in [0.29, 0.717) is 18.0 Å². The standard InChI is InChI=1S/C12H12N2O3/c1-16-12(15)10-6-14-11(17-7-2-3-7)9-5-13-4-8(9)10/h5-7H,2-4H2,1H3. The summed E-state index contributed by atoms with van der Waals surface area (Å²) >= 11 is 0. The van der Waals surface area contributed by atoms with Crippen molar-refractivity contribution in [1.29, 1.82) is 0 Å². The third-order valence-corrected chi connectivity index (χ3v) is 2.87. The van der Waals surface area contributed by atoms with Crippen molar-refractivity contribution in [3.8, 4) is 5.88 Å². The maximum atomic E-state index is 11.6. The smallest absolute Gasteiger partial charge is 0.339 e. The second kappa shape index (κ2) is 3.84. The van der Waals surface area contributed by atoms with Gasteiger partial charge in [-0.15, -0.1) is 0 Å². The highest BCUT2D eigenvalue weighted by Crippen LogP contribution is 2.31. The molecule has 0 atom stereocenters. The quantitative estimate of drug-likeness (QED) is 0.738. The Bertz CT molecular complexity index is 507. The summed E-state index contributed by atoms with van der Waals surface area (Å²) in [7, 11) is 1.36. The van der Waals surface area contributed by atoms with Gasteiger partial charge < -0.3 is 9.47 Å². The van der Waals surface area contributed by atoms with Crippen molar-refractivity contribution < 1.29 is 14.3 Å². The van der Waals surface area contributed by atoms with Crippen LogP contribution < -0.4 is 4.74 Å². The predicted molar refractivity (Wildman–Crippen MR) is 60.5 cm³/mol. The Morgan fingerprint density at radius 2 is 2.29 bits per heavy atom. The third kappa shape index (κ3) is 1.77. The minimum Gasteiger partial charge on any atom is -0.474 e. The van der Waals surface area contributed by atoms with Crippen molar-refractivity contribution in [2.75, 3.05) is 7.11 Å². The van der Waals surface area contributed by atoms with Gasteiger partial charge >= 0.3 is 5.97 Å². The normalized spacial score (nSPS) is 16.8.